The van der Waals surface area contributed by atoms with Crippen LogP contribution in [0.5, 0.6) is 0 Å². The van der Waals surface area contributed by atoms with E-state index in [1.807, 2.05) is 39.7 Å². The fourth-order valence-corrected chi connectivity index (χ4v) is 9.52. The summed E-state index contributed by atoms with van der Waals surface area (Å²) >= 11 is 0. The van der Waals surface area contributed by atoms with E-state index in [0.29, 0.717) is 40.4 Å². The minimum absolute atomic E-state index is 0.101. The maximum absolute atomic E-state index is 13.4. The molecule has 1 aromatic carbocycles. The molecule has 7 aliphatic rings. The Kier molecular flexibility index (Phi) is 1.79. The van der Waals surface area contributed by atoms with E-state index in [1.54, 1.807) is 0 Å². The lowest BCUT2D eigenvalue weighted by Gasteiger charge is -3.01. The van der Waals surface area contributed by atoms with Crippen LogP contribution < -0.4 is 11.4 Å². The van der Waals surface area contributed by atoms with Crippen LogP contribution in [0.4, 0.5) is 0 Å². The first-order valence-corrected chi connectivity index (χ1v) is 10.3. The minimum Gasteiger partial charge on any atom is -0.245 e. The van der Waals surface area contributed by atoms with Crippen molar-refractivity contribution in [1.29, 1.82) is 0 Å². The van der Waals surface area contributed by atoms with Gasteiger partial charge in [0.05, 0.1) is 17.8 Å². The zero-order chi connectivity index (χ0) is 17.0. The first-order valence-electron chi connectivity index (χ1n) is 10.3. The molecule has 0 N–H and O–H groups in total. The molecule has 5 fully saturated rings. The third-order valence-corrected chi connectivity index (χ3v) is 9.73. The molecule has 1 aromatic heterocycles. The van der Waals surface area contributed by atoms with Gasteiger partial charge in [-0.3, -0.25) is 0 Å². The van der Waals surface area contributed by atoms with Crippen LogP contribution in [-0.4, -0.2) is 13.9 Å². The van der Waals surface area contributed by atoms with Gasteiger partial charge in [-0.2, -0.15) is 0 Å². The molecule has 2 aliphatic heterocycles. The fraction of sp³-hybridized carbons (Fsp3) is 0.619. The van der Waals surface area contributed by atoms with E-state index in [1.165, 1.54) is 36.7 Å². The Morgan fingerprint density at radius 2 is 1.31 bits per heavy atom. The van der Waals surface area contributed by atoms with Crippen molar-refractivity contribution in [2.75, 3.05) is 0 Å². The summed E-state index contributed by atoms with van der Waals surface area (Å²) in [5, 5.41) is 0. The summed E-state index contributed by atoms with van der Waals surface area (Å²) in [5.74, 6) is 3.13. The zero-order valence-electron chi connectivity index (χ0n) is 14.5. The minimum atomic E-state index is -0.101. The van der Waals surface area contributed by atoms with Crippen molar-refractivity contribution in [3.8, 4) is 5.69 Å². The Hall–Kier alpha value is -2.04. The van der Waals surface area contributed by atoms with E-state index in [0.717, 1.165) is 11.8 Å². The Balaban J connectivity index is 1.44. The van der Waals surface area contributed by atoms with Gasteiger partial charge in [-0.25, -0.2) is 23.5 Å². The molecule has 26 heavy (non-hydrogen) atoms. The van der Waals surface area contributed by atoms with Crippen molar-refractivity contribution in [3.05, 3.63) is 51.3 Å². The SMILES string of the molecule is O=c1n(-c2ccccc2)c(=O)n2n1C1C3C4C5C3C13CCCCCC53C42. The monoisotopic (exact) mass is 347 g/mol. The predicted octanol–water partition coefficient (Wildman–Crippen LogP) is 2.35. The van der Waals surface area contributed by atoms with Crippen LogP contribution in [0.3, 0.4) is 0 Å². The number of para-hydroxylation sites is 1. The molecule has 5 heteroatoms. The Labute approximate surface area is 150 Å². The topological polar surface area (TPSA) is 48.9 Å². The molecule has 9 rings (SSSR count). The smallest absolute Gasteiger partial charge is 0.245 e. The molecular weight excluding hydrogens is 326 g/mol. The van der Waals surface area contributed by atoms with E-state index < -0.39 is 0 Å². The number of nitrogens with zero attached hydrogens (tertiary/aromatic N) is 3. The van der Waals surface area contributed by atoms with Gasteiger partial charge in [-0.1, -0.05) is 37.5 Å². The molecule has 0 amide bonds. The van der Waals surface area contributed by atoms with Gasteiger partial charge >= 0.3 is 11.4 Å². The van der Waals surface area contributed by atoms with Gasteiger partial charge in [-0.05, 0) is 48.6 Å². The van der Waals surface area contributed by atoms with Gasteiger partial charge in [0.25, 0.3) is 0 Å². The highest BCUT2D eigenvalue weighted by molar-refractivity contribution is 5.48. The summed E-state index contributed by atoms with van der Waals surface area (Å²) in [6.07, 6.45) is 6.52. The van der Waals surface area contributed by atoms with Crippen molar-refractivity contribution in [2.24, 2.45) is 34.5 Å². The third kappa shape index (κ3) is 0.876. The second kappa shape index (κ2) is 3.54. The third-order valence-electron chi connectivity index (χ3n) is 9.73. The summed E-state index contributed by atoms with van der Waals surface area (Å²) in [5.41, 5.74) is 1.22. The zero-order valence-corrected chi connectivity index (χ0v) is 14.5. The lowest BCUT2D eigenvalue weighted by Crippen LogP contribution is -3.00. The van der Waals surface area contributed by atoms with Crippen LogP contribution in [0.2, 0.25) is 0 Å². The summed E-state index contributed by atoms with van der Waals surface area (Å²) in [4.78, 5) is 26.8. The van der Waals surface area contributed by atoms with E-state index in [4.69, 9.17) is 0 Å². The second-order valence-corrected chi connectivity index (χ2v) is 9.66. The van der Waals surface area contributed by atoms with Gasteiger partial charge < -0.3 is 0 Å². The van der Waals surface area contributed by atoms with Crippen molar-refractivity contribution in [3.63, 3.8) is 0 Å². The lowest BCUT2D eigenvalue weighted by atomic mass is 9.05. The fourth-order valence-electron chi connectivity index (χ4n) is 9.52. The molecule has 5 saturated carbocycles. The first kappa shape index (κ1) is 13.2. The Morgan fingerprint density at radius 1 is 0.769 bits per heavy atom. The van der Waals surface area contributed by atoms with E-state index >= 15 is 0 Å². The van der Waals surface area contributed by atoms with E-state index in [2.05, 4.69) is 0 Å². The largest absolute Gasteiger partial charge is 0.352 e. The highest BCUT2D eigenvalue weighted by Gasteiger charge is 3.02. The van der Waals surface area contributed by atoms with Gasteiger partial charge in [0.2, 0.25) is 0 Å². The molecule has 0 radical (unpaired) electrons. The average Bonchev–Trinajstić information content (AvgIpc) is 2.78. The van der Waals surface area contributed by atoms with Crippen LogP contribution in [0, 0.1) is 34.5 Å². The predicted molar refractivity (Wildman–Crippen MR) is 94.3 cm³/mol. The van der Waals surface area contributed by atoms with Crippen molar-refractivity contribution in [1.82, 2.24) is 13.9 Å². The van der Waals surface area contributed by atoms with Crippen LogP contribution >= 0.6 is 0 Å². The number of hydrogen-bond acceptors (Lipinski definition) is 2. The van der Waals surface area contributed by atoms with Gasteiger partial charge in [0.1, 0.15) is 0 Å². The molecule has 2 spiro atoms. The second-order valence-electron chi connectivity index (χ2n) is 9.66. The Bertz CT molecular complexity index is 1060. The maximum Gasteiger partial charge on any atom is 0.352 e. The number of hydrogen-bond donors (Lipinski definition) is 0. The maximum atomic E-state index is 13.4. The van der Waals surface area contributed by atoms with Crippen LogP contribution in [-0.2, 0) is 0 Å². The van der Waals surface area contributed by atoms with Gasteiger partial charge in [-0.15, -0.1) is 0 Å². The first-order chi connectivity index (χ1) is 12.7. The standard InChI is InChI=1S/C21H21N3O2/c25-18-22(11-7-3-1-4-8-11)19(26)24-17-13-12-14-15(13)21(17)10-6-2-5-9-20(14,21)16(12)23(18)24/h1,3-4,7-8,12-17H,2,5-6,9-10H2. The van der Waals surface area contributed by atoms with Crippen molar-refractivity contribution in [2.45, 2.75) is 44.2 Å². The van der Waals surface area contributed by atoms with E-state index in [9.17, 15) is 9.59 Å². The Morgan fingerprint density at radius 3 is 1.85 bits per heavy atom. The molecular formula is C21H21N3O2. The molecule has 2 aromatic rings. The van der Waals surface area contributed by atoms with Gasteiger partial charge in [0, 0.05) is 10.8 Å². The van der Waals surface area contributed by atoms with E-state index in [-0.39, 0.29) is 11.4 Å². The van der Waals surface area contributed by atoms with Crippen LogP contribution in [0.15, 0.2) is 39.9 Å². The van der Waals surface area contributed by atoms with Crippen molar-refractivity contribution >= 4 is 0 Å². The summed E-state index contributed by atoms with van der Waals surface area (Å²) in [7, 11) is 0. The van der Waals surface area contributed by atoms with Gasteiger partial charge in [0.15, 0.2) is 0 Å². The quantitative estimate of drug-likeness (QED) is 0.795. The average molecular weight is 347 g/mol. The normalized spacial score (nSPS) is 50.2. The molecule has 132 valence electrons. The molecule has 0 saturated heterocycles. The summed E-state index contributed by atoms with van der Waals surface area (Å²) in [6, 6.07) is 10.1. The summed E-state index contributed by atoms with van der Waals surface area (Å²) in [6.45, 7) is 0. The van der Waals surface area contributed by atoms with Crippen LogP contribution in [0.25, 0.3) is 5.69 Å². The van der Waals surface area contributed by atoms with Crippen LogP contribution in [0.1, 0.15) is 44.2 Å². The highest BCUT2D eigenvalue weighted by Crippen LogP contribution is 3.03. The molecule has 8 unspecified atom stereocenters. The number of rotatable bonds is 1. The molecule has 5 nitrogen and oxygen atoms in total. The summed E-state index contributed by atoms with van der Waals surface area (Å²) < 4.78 is 5.28. The highest BCUT2D eigenvalue weighted by atomic mass is 16.2. The molecule has 3 heterocycles. The van der Waals surface area contributed by atoms with Crippen molar-refractivity contribution < 1.29 is 0 Å². The molecule has 2 bridgehead atoms. The number of benzene rings is 1. The number of aromatic nitrogens is 3. The molecule has 5 aliphatic carbocycles. The lowest BCUT2D eigenvalue weighted by molar-refractivity contribution is -0.552. The molecule has 8 atom stereocenters.